The number of hydrogen-bond donors (Lipinski definition) is 0. The van der Waals surface area contributed by atoms with Gasteiger partial charge in [0.15, 0.2) is 0 Å². The van der Waals surface area contributed by atoms with Crippen LogP contribution < -0.4 is 0 Å². The largest absolute Gasteiger partial charge is 0.255 e. The Morgan fingerprint density at radius 3 is 2.64 bits per heavy atom. The topological polar surface area (TPSA) is 17.8 Å². The van der Waals surface area contributed by atoms with Crippen molar-refractivity contribution in [3.05, 3.63) is 18.0 Å². The van der Waals surface area contributed by atoms with Crippen molar-refractivity contribution in [2.45, 2.75) is 26.3 Å². The summed E-state index contributed by atoms with van der Waals surface area (Å²) in [6, 6.07) is 0. The van der Waals surface area contributed by atoms with Crippen LogP contribution >= 0.6 is 0 Å². The number of aromatic nitrogens is 2. The van der Waals surface area contributed by atoms with Crippen LogP contribution in [0.1, 0.15) is 19.4 Å². The molecule has 0 aliphatic carbocycles. The second kappa shape index (κ2) is 2.43. The molecule has 2 heteroatoms. The number of terminal acetylenes is 1. The maximum atomic E-state index is 5.34. The molecule has 1 aromatic heterocycles. The normalized spacial score (nSPS) is 11.1. The van der Waals surface area contributed by atoms with Crippen LogP contribution in [-0.2, 0) is 5.54 Å². The summed E-state index contributed by atoms with van der Waals surface area (Å²) in [6.45, 7) is 5.91. The van der Waals surface area contributed by atoms with Crippen LogP contribution in [0.4, 0.5) is 0 Å². The minimum atomic E-state index is -0.311. The highest BCUT2D eigenvalue weighted by molar-refractivity contribution is 5.09. The molecule has 1 aromatic rings. The van der Waals surface area contributed by atoms with Crippen LogP contribution in [0.5, 0.6) is 0 Å². The molecule has 0 unspecified atom stereocenters. The predicted octanol–water partition coefficient (Wildman–Crippen LogP) is 1.56. The number of aryl methyl sites for hydroxylation is 1. The van der Waals surface area contributed by atoms with Crippen molar-refractivity contribution in [2.75, 3.05) is 0 Å². The van der Waals surface area contributed by atoms with Crippen LogP contribution in [0.3, 0.4) is 0 Å². The van der Waals surface area contributed by atoms with Crippen LogP contribution in [0.25, 0.3) is 0 Å². The van der Waals surface area contributed by atoms with Gasteiger partial charge in [0.25, 0.3) is 0 Å². The lowest BCUT2D eigenvalue weighted by atomic mass is 10.1. The van der Waals surface area contributed by atoms with Gasteiger partial charge in [0.05, 0.1) is 6.20 Å². The first-order chi connectivity index (χ1) is 5.06. The van der Waals surface area contributed by atoms with Gasteiger partial charge < -0.3 is 0 Å². The predicted molar refractivity (Wildman–Crippen MR) is 45.1 cm³/mol. The molecule has 2 nitrogen and oxygen atoms in total. The Labute approximate surface area is 67.2 Å². The summed E-state index contributed by atoms with van der Waals surface area (Å²) < 4.78 is 1.79. The number of hydrogen-bond acceptors (Lipinski definition) is 1. The molecule has 1 rings (SSSR count). The Morgan fingerprint density at radius 1 is 1.64 bits per heavy atom. The van der Waals surface area contributed by atoms with Gasteiger partial charge in [0, 0.05) is 6.20 Å². The van der Waals surface area contributed by atoms with Crippen molar-refractivity contribution in [1.82, 2.24) is 9.78 Å². The quantitative estimate of drug-likeness (QED) is 0.553. The van der Waals surface area contributed by atoms with Crippen LogP contribution in [0.2, 0.25) is 0 Å². The summed E-state index contributed by atoms with van der Waals surface area (Å²) in [5.74, 6) is 2.67. The lowest BCUT2D eigenvalue weighted by Crippen LogP contribution is -2.24. The Morgan fingerprint density at radius 2 is 2.27 bits per heavy atom. The van der Waals surface area contributed by atoms with Crippen molar-refractivity contribution in [3.8, 4) is 12.3 Å². The Bertz CT molecular complexity index is 289. The molecule has 0 bridgehead atoms. The van der Waals surface area contributed by atoms with E-state index in [1.165, 1.54) is 0 Å². The fourth-order valence-electron chi connectivity index (χ4n) is 0.785. The van der Waals surface area contributed by atoms with Crippen LogP contribution in [0, 0.1) is 19.3 Å². The van der Waals surface area contributed by atoms with Crippen molar-refractivity contribution < 1.29 is 0 Å². The van der Waals surface area contributed by atoms with Crippen molar-refractivity contribution in [2.24, 2.45) is 0 Å². The SMILES string of the molecule is C#CC(C)(C)n1cc(C)cn1. The van der Waals surface area contributed by atoms with E-state index in [0.29, 0.717) is 0 Å². The molecule has 0 saturated carbocycles. The van der Waals surface area contributed by atoms with Gasteiger partial charge in [-0.15, -0.1) is 6.42 Å². The molecule has 0 N–H and O–H groups in total. The average Bonchev–Trinajstić information content (AvgIpc) is 2.36. The molecule has 0 aliphatic heterocycles. The van der Waals surface area contributed by atoms with Crippen LogP contribution in [0.15, 0.2) is 12.4 Å². The fraction of sp³-hybridized carbons (Fsp3) is 0.444. The van der Waals surface area contributed by atoms with E-state index in [4.69, 9.17) is 6.42 Å². The Balaban J connectivity index is 3.04. The zero-order chi connectivity index (χ0) is 8.48. The van der Waals surface area contributed by atoms with E-state index in [2.05, 4.69) is 11.0 Å². The van der Waals surface area contributed by atoms with E-state index in [1.54, 1.807) is 10.9 Å². The zero-order valence-corrected chi connectivity index (χ0v) is 7.13. The maximum Gasteiger partial charge on any atom is 0.117 e. The van der Waals surface area contributed by atoms with Gasteiger partial charge >= 0.3 is 0 Å². The molecule has 1 heterocycles. The molecule has 0 aromatic carbocycles. The highest BCUT2D eigenvalue weighted by Gasteiger charge is 2.16. The molecule has 0 fully saturated rings. The van der Waals surface area contributed by atoms with E-state index in [1.807, 2.05) is 27.0 Å². The number of nitrogens with zero attached hydrogens (tertiary/aromatic N) is 2. The Kier molecular flexibility index (Phi) is 1.74. The molecule has 0 atom stereocenters. The van der Waals surface area contributed by atoms with Gasteiger partial charge in [0.1, 0.15) is 5.54 Å². The summed E-state index contributed by atoms with van der Waals surface area (Å²) in [6.07, 6.45) is 9.09. The van der Waals surface area contributed by atoms with Gasteiger partial charge in [0.2, 0.25) is 0 Å². The highest BCUT2D eigenvalue weighted by atomic mass is 15.3. The summed E-state index contributed by atoms with van der Waals surface area (Å²) in [5, 5.41) is 4.13. The highest BCUT2D eigenvalue weighted by Crippen LogP contribution is 2.12. The molecule has 0 spiro atoms. The third-order valence-corrected chi connectivity index (χ3v) is 1.64. The van der Waals surface area contributed by atoms with Crippen molar-refractivity contribution in [1.29, 1.82) is 0 Å². The van der Waals surface area contributed by atoms with E-state index in [9.17, 15) is 0 Å². The molecule has 0 aliphatic rings. The van der Waals surface area contributed by atoms with Gasteiger partial charge in [-0.25, -0.2) is 0 Å². The lowest BCUT2D eigenvalue weighted by molar-refractivity contribution is 0.424. The molecular formula is C9H12N2. The first-order valence-electron chi connectivity index (χ1n) is 3.56. The lowest BCUT2D eigenvalue weighted by Gasteiger charge is -2.17. The van der Waals surface area contributed by atoms with E-state index in [-0.39, 0.29) is 5.54 Å². The van der Waals surface area contributed by atoms with Crippen LogP contribution in [-0.4, -0.2) is 9.78 Å². The third kappa shape index (κ3) is 1.43. The van der Waals surface area contributed by atoms with E-state index >= 15 is 0 Å². The minimum Gasteiger partial charge on any atom is -0.255 e. The summed E-state index contributed by atoms with van der Waals surface area (Å²) >= 11 is 0. The molecular weight excluding hydrogens is 136 g/mol. The summed E-state index contributed by atoms with van der Waals surface area (Å²) in [4.78, 5) is 0. The maximum absolute atomic E-state index is 5.34. The van der Waals surface area contributed by atoms with E-state index in [0.717, 1.165) is 5.56 Å². The van der Waals surface area contributed by atoms with Gasteiger partial charge in [-0.3, -0.25) is 4.68 Å². The monoisotopic (exact) mass is 148 g/mol. The standard InChI is InChI=1S/C9H12N2/c1-5-9(3,4)11-7-8(2)6-10-11/h1,6-7H,2-4H3. The van der Waals surface area contributed by atoms with Gasteiger partial charge in [-0.05, 0) is 26.3 Å². The smallest absolute Gasteiger partial charge is 0.117 e. The fourth-order valence-corrected chi connectivity index (χ4v) is 0.785. The average molecular weight is 148 g/mol. The summed E-state index contributed by atoms with van der Waals surface area (Å²) in [5.41, 5.74) is 0.821. The molecule has 0 amide bonds. The number of rotatable bonds is 1. The van der Waals surface area contributed by atoms with Gasteiger partial charge in [-0.2, -0.15) is 5.10 Å². The second-order valence-corrected chi connectivity index (χ2v) is 3.17. The molecule has 58 valence electrons. The van der Waals surface area contributed by atoms with Crippen molar-refractivity contribution in [3.63, 3.8) is 0 Å². The zero-order valence-electron chi connectivity index (χ0n) is 7.13. The van der Waals surface area contributed by atoms with E-state index < -0.39 is 0 Å². The molecule has 11 heavy (non-hydrogen) atoms. The Hall–Kier alpha value is -1.23. The van der Waals surface area contributed by atoms with Crippen molar-refractivity contribution >= 4 is 0 Å². The molecule has 0 saturated heterocycles. The first-order valence-corrected chi connectivity index (χ1v) is 3.56. The second-order valence-electron chi connectivity index (χ2n) is 3.17. The third-order valence-electron chi connectivity index (χ3n) is 1.64. The summed E-state index contributed by atoms with van der Waals surface area (Å²) in [7, 11) is 0. The molecule has 0 radical (unpaired) electrons. The minimum absolute atomic E-state index is 0.311. The van der Waals surface area contributed by atoms with Gasteiger partial charge in [-0.1, -0.05) is 5.92 Å². The first kappa shape index (κ1) is 7.87.